The maximum Gasteiger partial charge on any atom is 0.0714 e. The van der Waals surface area contributed by atoms with E-state index in [1.807, 2.05) is 0 Å². The van der Waals surface area contributed by atoms with Gasteiger partial charge in [-0.3, -0.25) is 4.90 Å². The lowest BCUT2D eigenvalue weighted by Crippen LogP contribution is -2.46. The summed E-state index contributed by atoms with van der Waals surface area (Å²) in [6.07, 6.45) is 4.13. The number of morpholine rings is 1. The van der Waals surface area contributed by atoms with Crippen LogP contribution in [0.2, 0.25) is 0 Å². The van der Waals surface area contributed by atoms with Gasteiger partial charge in [0, 0.05) is 33.6 Å². The predicted molar refractivity (Wildman–Crippen MR) is 88.5 cm³/mol. The van der Waals surface area contributed by atoms with Crippen molar-refractivity contribution in [2.75, 3.05) is 52.9 Å². The second-order valence-corrected chi connectivity index (χ2v) is 6.35. The van der Waals surface area contributed by atoms with E-state index in [4.69, 9.17) is 4.74 Å². The van der Waals surface area contributed by atoms with Crippen LogP contribution in [0.3, 0.4) is 0 Å². The number of hydrogen-bond acceptors (Lipinski definition) is 4. The zero-order chi connectivity index (χ0) is 14.8. The number of nitrogens with one attached hydrogen (secondary N) is 1. The van der Waals surface area contributed by atoms with Gasteiger partial charge >= 0.3 is 0 Å². The Morgan fingerprint density at radius 3 is 2.90 bits per heavy atom. The summed E-state index contributed by atoms with van der Waals surface area (Å²) in [6.45, 7) is 14.4. The standard InChI is InChI=1S/C16H35N3O.H2/c1-5-6-9-18(4)10-11-19-12-13-20-16(14-19)7-8-17-15(2)3;/h15-17H,5-14H2,1-4H3;1H/t16-;/m0./s1. The fourth-order valence-corrected chi connectivity index (χ4v) is 2.54. The molecule has 20 heavy (non-hydrogen) atoms. The summed E-state index contributed by atoms with van der Waals surface area (Å²) in [7, 11) is 2.24. The van der Waals surface area contributed by atoms with Gasteiger partial charge in [0.2, 0.25) is 0 Å². The highest BCUT2D eigenvalue weighted by Gasteiger charge is 2.20. The van der Waals surface area contributed by atoms with Crippen LogP contribution in [0.25, 0.3) is 0 Å². The molecule has 0 aliphatic carbocycles. The molecule has 0 aromatic heterocycles. The Bertz CT molecular complexity index is 242. The largest absolute Gasteiger partial charge is 0.376 e. The number of likely N-dealkylation sites (N-methyl/N-ethyl adjacent to an activating group) is 1. The molecule has 4 nitrogen and oxygen atoms in total. The van der Waals surface area contributed by atoms with Crippen LogP contribution in [0.1, 0.15) is 41.5 Å². The van der Waals surface area contributed by atoms with Crippen LogP contribution in [-0.2, 0) is 4.74 Å². The number of ether oxygens (including phenoxy) is 1. The molecule has 1 N–H and O–H groups in total. The van der Waals surface area contributed by atoms with Gasteiger partial charge in [0.15, 0.2) is 0 Å². The Morgan fingerprint density at radius 2 is 2.20 bits per heavy atom. The van der Waals surface area contributed by atoms with E-state index >= 15 is 0 Å². The lowest BCUT2D eigenvalue weighted by atomic mass is 10.2. The van der Waals surface area contributed by atoms with Crippen LogP contribution in [0.5, 0.6) is 0 Å². The molecule has 1 heterocycles. The van der Waals surface area contributed by atoms with Gasteiger partial charge < -0.3 is 15.0 Å². The smallest absolute Gasteiger partial charge is 0.0714 e. The number of hydrogen-bond donors (Lipinski definition) is 1. The second-order valence-electron chi connectivity index (χ2n) is 6.35. The first kappa shape index (κ1) is 17.9. The highest BCUT2D eigenvalue weighted by atomic mass is 16.5. The Hall–Kier alpha value is -0.160. The van der Waals surface area contributed by atoms with E-state index < -0.39 is 0 Å². The van der Waals surface area contributed by atoms with Crippen LogP contribution >= 0.6 is 0 Å². The number of rotatable bonds is 10. The maximum atomic E-state index is 5.87. The molecular formula is C16H37N3O. The minimum atomic E-state index is 0. The molecule has 0 bridgehead atoms. The van der Waals surface area contributed by atoms with E-state index in [2.05, 4.69) is 42.9 Å². The van der Waals surface area contributed by atoms with Gasteiger partial charge in [0.25, 0.3) is 0 Å². The Balaban J connectivity index is 0.00000400. The lowest BCUT2D eigenvalue weighted by molar-refractivity contribution is -0.0333. The van der Waals surface area contributed by atoms with Crippen LogP contribution < -0.4 is 5.32 Å². The summed E-state index contributed by atoms with van der Waals surface area (Å²) < 4.78 is 5.87. The fraction of sp³-hybridized carbons (Fsp3) is 1.00. The van der Waals surface area contributed by atoms with Crippen molar-refractivity contribution in [3.63, 3.8) is 0 Å². The second kappa shape index (κ2) is 10.6. The van der Waals surface area contributed by atoms with E-state index in [1.165, 1.54) is 32.5 Å². The van der Waals surface area contributed by atoms with Gasteiger partial charge in [-0.05, 0) is 33.0 Å². The van der Waals surface area contributed by atoms with Crippen LogP contribution in [0.4, 0.5) is 0 Å². The quantitative estimate of drug-likeness (QED) is 0.665. The summed E-state index contributed by atoms with van der Waals surface area (Å²) >= 11 is 0. The van der Waals surface area contributed by atoms with Crippen molar-refractivity contribution in [3.8, 4) is 0 Å². The maximum absolute atomic E-state index is 5.87. The van der Waals surface area contributed by atoms with Crippen LogP contribution in [0.15, 0.2) is 0 Å². The van der Waals surface area contributed by atoms with Crippen LogP contribution in [-0.4, -0.2) is 74.9 Å². The monoisotopic (exact) mass is 287 g/mol. The zero-order valence-electron chi connectivity index (χ0n) is 14.0. The Morgan fingerprint density at radius 1 is 1.40 bits per heavy atom. The summed E-state index contributed by atoms with van der Waals surface area (Å²) in [5, 5.41) is 3.47. The third-order valence-electron chi connectivity index (χ3n) is 3.93. The first-order valence-corrected chi connectivity index (χ1v) is 8.37. The van der Waals surface area contributed by atoms with Crippen molar-refractivity contribution in [2.45, 2.75) is 52.2 Å². The molecule has 0 amide bonds. The van der Waals surface area contributed by atoms with Crippen molar-refractivity contribution >= 4 is 0 Å². The molecule has 1 saturated heterocycles. The molecule has 1 aliphatic heterocycles. The average molecular weight is 287 g/mol. The van der Waals surface area contributed by atoms with Crippen molar-refractivity contribution in [2.24, 2.45) is 0 Å². The molecule has 0 aromatic carbocycles. The predicted octanol–water partition coefficient (Wildman–Crippen LogP) is 2.05. The van der Waals surface area contributed by atoms with Gasteiger partial charge in [0.05, 0.1) is 12.7 Å². The van der Waals surface area contributed by atoms with Crippen LogP contribution in [0, 0.1) is 0 Å². The van der Waals surface area contributed by atoms with Gasteiger partial charge in [-0.2, -0.15) is 0 Å². The molecular weight excluding hydrogens is 250 g/mol. The SMILES string of the molecule is CCCCN(C)CCN1CCO[C@@H](CCNC(C)C)C1.[HH]. The molecule has 0 radical (unpaired) electrons. The molecule has 0 spiro atoms. The topological polar surface area (TPSA) is 27.7 Å². The molecule has 0 unspecified atom stereocenters. The van der Waals surface area contributed by atoms with Gasteiger partial charge in [-0.1, -0.05) is 27.2 Å². The summed E-state index contributed by atoms with van der Waals surface area (Å²) in [5.41, 5.74) is 0. The highest BCUT2D eigenvalue weighted by molar-refractivity contribution is 4.73. The molecule has 1 fully saturated rings. The normalized spacial score (nSPS) is 21.0. The first-order chi connectivity index (χ1) is 9.61. The third-order valence-corrected chi connectivity index (χ3v) is 3.93. The minimum absolute atomic E-state index is 0. The van der Waals surface area contributed by atoms with E-state index in [0.29, 0.717) is 12.1 Å². The zero-order valence-corrected chi connectivity index (χ0v) is 14.0. The van der Waals surface area contributed by atoms with Crippen molar-refractivity contribution < 1.29 is 6.16 Å². The van der Waals surface area contributed by atoms with Crippen molar-refractivity contribution in [1.29, 1.82) is 0 Å². The molecule has 4 heteroatoms. The summed E-state index contributed by atoms with van der Waals surface area (Å²) in [5.74, 6) is 0. The van der Waals surface area contributed by atoms with Gasteiger partial charge in [-0.25, -0.2) is 0 Å². The molecule has 0 saturated carbocycles. The van der Waals surface area contributed by atoms with Crippen molar-refractivity contribution in [3.05, 3.63) is 0 Å². The molecule has 1 atom stereocenters. The summed E-state index contributed by atoms with van der Waals surface area (Å²) in [6, 6.07) is 0.571. The minimum Gasteiger partial charge on any atom is -0.376 e. The summed E-state index contributed by atoms with van der Waals surface area (Å²) in [4.78, 5) is 5.01. The van der Waals surface area contributed by atoms with E-state index in [1.54, 1.807) is 0 Å². The first-order valence-electron chi connectivity index (χ1n) is 8.37. The molecule has 122 valence electrons. The van der Waals surface area contributed by atoms with Gasteiger partial charge in [0.1, 0.15) is 0 Å². The number of nitrogens with zero attached hydrogens (tertiary/aromatic N) is 2. The average Bonchev–Trinajstić information content (AvgIpc) is 2.43. The Labute approximate surface area is 127 Å². The lowest BCUT2D eigenvalue weighted by Gasteiger charge is -2.34. The molecule has 0 aromatic rings. The van der Waals surface area contributed by atoms with E-state index in [9.17, 15) is 0 Å². The number of unbranched alkanes of at least 4 members (excludes halogenated alkanes) is 1. The van der Waals surface area contributed by atoms with Gasteiger partial charge in [-0.15, -0.1) is 0 Å². The van der Waals surface area contributed by atoms with E-state index in [0.717, 1.165) is 32.7 Å². The van der Waals surface area contributed by atoms with Crippen molar-refractivity contribution in [1.82, 2.24) is 15.1 Å². The highest BCUT2D eigenvalue weighted by Crippen LogP contribution is 2.08. The molecule has 1 aliphatic rings. The van der Waals surface area contributed by atoms with E-state index in [-0.39, 0.29) is 1.43 Å². The molecule has 1 rings (SSSR count). The Kier molecular flexibility index (Phi) is 9.44. The third kappa shape index (κ3) is 8.20. The fourth-order valence-electron chi connectivity index (χ4n) is 2.54.